The van der Waals surface area contributed by atoms with Crippen LogP contribution in [0.1, 0.15) is 31.4 Å². The first-order chi connectivity index (χ1) is 9.47. The van der Waals surface area contributed by atoms with E-state index in [9.17, 15) is 0 Å². The summed E-state index contributed by atoms with van der Waals surface area (Å²) in [5.74, 6) is 1.11. The molecule has 0 aliphatic carbocycles. The fourth-order valence-corrected chi connectivity index (χ4v) is 1.89. The van der Waals surface area contributed by atoms with Crippen molar-refractivity contribution in [1.29, 1.82) is 0 Å². The van der Waals surface area contributed by atoms with E-state index in [4.69, 9.17) is 10.5 Å². The van der Waals surface area contributed by atoms with Gasteiger partial charge in [0.05, 0.1) is 13.2 Å². The Balaban J connectivity index is 0.00000400. The van der Waals surface area contributed by atoms with Crippen LogP contribution in [0.5, 0.6) is 0 Å². The molecule has 0 amide bonds. The number of guanidine groups is 1. The van der Waals surface area contributed by atoms with E-state index in [1.165, 1.54) is 11.1 Å². The quantitative estimate of drug-likeness (QED) is 0.315. The number of aliphatic imine (C=N–C) groups is 1. The Bertz CT molecular complexity index is 427. The molecule has 0 radical (unpaired) electrons. The molecule has 0 heterocycles. The highest BCUT2D eigenvalue weighted by Gasteiger charge is 1.98. The molecule has 4 nitrogen and oxygen atoms in total. The number of hydrogen-bond acceptors (Lipinski definition) is 2. The van der Waals surface area contributed by atoms with E-state index in [0.717, 1.165) is 18.7 Å². The lowest BCUT2D eigenvalue weighted by molar-refractivity contribution is 0.131. The number of rotatable bonds is 7. The highest BCUT2D eigenvalue weighted by Crippen LogP contribution is 2.13. The predicted octanol–water partition coefficient (Wildman–Crippen LogP) is 3.71. The number of ether oxygens (including phenoxy) is 1. The molecule has 120 valence electrons. The molecule has 0 aliphatic heterocycles. The first kappa shape index (κ1) is 20.2. The van der Waals surface area contributed by atoms with Gasteiger partial charge < -0.3 is 15.8 Å². The number of anilines is 1. The van der Waals surface area contributed by atoms with Gasteiger partial charge >= 0.3 is 0 Å². The van der Waals surface area contributed by atoms with Crippen molar-refractivity contribution in [3.05, 3.63) is 29.3 Å². The molecule has 0 saturated carbocycles. The van der Waals surface area contributed by atoms with Crippen LogP contribution in [0.3, 0.4) is 0 Å². The second kappa shape index (κ2) is 10.8. The molecule has 21 heavy (non-hydrogen) atoms. The summed E-state index contributed by atoms with van der Waals surface area (Å²) in [7, 11) is 0. The van der Waals surface area contributed by atoms with Gasteiger partial charge in [-0.2, -0.15) is 0 Å². The molecule has 0 bridgehead atoms. The minimum absolute atomic E-state index is 0. The van der Waals surface area contributed by atoms with E-state index in [1.54, 1.807) is 0 Å². The first-order valence-electron chi connectivity index (χ1n) is 7.20. The Morgan fingerprint density at radius 1 is 1.19 bits per heavy atom. The standard InChI is InChI=1S/C16H27N3O.HI/c1-12(2)5-7-20-8-6-18-16(17)19-15-10-13(3)9-14(4)11-15;/h9-12H,5-8H2,1-4H3,(H3,17,18,19);1H. The lowest BCUT2D eigenvalue weighted by atomic mass is 10.1. The first-order valence-corrected chi connectivity index (χ1v) is 7.20. The lowest BCUT2D eigenvalue weighted by Gasteiger charge is -2.08. The number of nitrogens with zero attached hydrogens (tertiary/aromatic N) is 1. The van der Waals surface area contributed by atoms with Gasteiger partial charge in [0.1, 0.15) is 0 Å². The van der Waals surface area contributed by atoms with Crippen LogP contribution in [0, 0.1) is 19.8 Å². The number of nitrogens with one attached hydrogen (secondary N) is 1. The monoisotopic (exact) mass is 405 g/mol. The molecular weight excluding hydrogens is 377 g/mol. The van der Waals surface area contributed by atoms with E-state index >= 15 is 0 Å². The average molecular weight is 405 g/mol. The highest BCUT2D eigenvalue weighted by molar-refractivity contribution is 14.0. The maximum atomic E-state index is 5.85. The summed E-state index contributed by atoms with van der Waals surface area (Å²) < 4.78 is 5.49. The Labute approximate surface area is 145 Å². The SMILES string of the molecule is Cc1cc(C)cc(NC(N)=NCCOCCC(C)C)c1.I. The Morgan fingerprint density at radius 3 is 2.38 bits per heavy atom. The van der Waals surface area contributed by atoms with Crippen molar-refractivity contribution >= 4 is 35.6 Å². The number of hydrogen-bond donors (Lipinski definition) is 2. The normalized spacial score (nSPS) is 11.4. The smallest absolute Gasteiger partial charge is 0.193 e. The zero-order chi connectivity index (χ0) is 15.0. The molecule has 0 spiro atoms. The highest BCUT2D eigenvalue weighted by atomic mass is 127. The third-order valence-corrected chi connectivity index (χ3v) is 2.85. The van der Waals surface area contributed by atoms with E-state index in [0.29, 0.717) is 25.0 Å². The molecular formula is C16H28IN3O. The molecule has 1 rings (SSSR count). The summed E-state index contributed by atoms with van der Waals surface area (Å²) in [5.41, 5.74) is 9.24. The van der Waals surface area contributed by atoms with Gasteiger partial charge in [0.15, 0.2) is 5.96 Å². The van der Waals surface area contributed by atoms with Gasteiger partial charge in [-0.15, -0.1) is 24.0 Å². The number of nitrogens with two attached hydrogens (primary N) is 1. The molecule has 1 aromatic carbocycles. The number of benzene rings is 1. The fraction of sp³-hybridized carbons (Fsp3) is 0.562. The van der Waals surface area contributed by atoms with E-state index in [-0.39, 0.29) is 24.0 Å². The van der Waals surface area contributed by atoms with Crippen molar-refractivity contribution in [3.63, 3.8) is 0 Å². The van der Waals surface area contributed by atoms with Crippen molar-refractivity contribution in [2.24, 2.45) is 16.6 Å². The number of halogens is 1. The van der Waals surface area contributed by atoms with Gasteiger partial charge in [-0.3, -0.25) is 4.99 Å². The second-order valence-electron chi connectivity index (χ2n) is 5.56. The van der Waals surface area contributed by atoms with Crippen LogP contribution in [-0.4, -0.2) is 25.7 Å². The van der Waals surface area contributed by atoms with Crippen molar-refractivity contribution < 1.29 is 4.74 Å². The maximum Gasteiger partial charge on any atom is 0.193 e. The molecule has 0 saturated heterocycles. The third-order valence-electron chi connectivity index (χ3n) is 2.85. The molecule has 3 N–H and O–H groups in total. The van der Waals surface area contributed by atoms with Crippen molar-refractivity contribution in [2.75, 3.05) is 25.1 Å². The molecule has 5 heteroatoms. The minimum Gasteiger partial charge on any atom is -0.380 e. The zero-order valence-electron chi connectivity index (χ0n) is 13.5. The largest absolute Gasteiger partial charge is 0.380 e. The fourth-order valence-electron chi connectivity index (χ4n) is 1.89. The summed E-state index contributed by atoms with van der Waals surface area (Å²) in [5, 5.41) is 3.10. The Morgan fingerprint density at radius 2 is 1.81 bits per heavy atom. The van der Waals surface area contributed by atoms with Crippen molar-refractivity contribution in [2.45, 2.75) is 34.1 Å². The second-order valence-corrected chi connectivity index (χ2v) is 5.56. The van der Waals surface area contributed by atoms with Crippen molar-refractivity contribution in [3.8, 4) is 0 Å². The minimum atomic E-state index is 0. The molecule has 0 fully saturated rings. The van der Waals surface area contributed by atoms with Crippen molar-refractivity contribution in [1.82, 2.24) is 0 Å². The van der Waals surface area contributed by atoms with Gasteiger partial charge in [-0.1, -0.05) is 19.9 Å². The van der Waals surface area contributed by atoms with Crippen LogP contribution < -0.4 is 11.1 Å². The van der Waals surface area contributed by atoms with E-state index in [1.807, 2.05) is 0 Å². The Hall–Kier alpha value is -0.820. The topological polar surface area (TPSA) is 59.6 Å². The summed E-state index contributed by atoms with van der Waals surface area (Å²) >= 11 is 0. The molecule has 1 aromatic rings. The summed E-state index contributed by atoms with van der Waals surface area (Å²) in [6, 6.07) is 6.23. The zero-order valence-corrected chi connectivity index (χ0v) is 15.8. The molecule has 0 aromatic heterocycles. The summed E-state index contributed by atoms with van der Waals surface area (Å²) in [6.45, 7) is 10.5. The lowest BCUT2D eigenvalue weighted by Crippen LogP contribution is -2.23. The van der Waals surface area contributed by atoms with Gasteiger partial charge in [0.25, 0.3) is 0 Å². The molecule has 0 atom stereocenters. The van der Waals surface area contributed by atoms with Crippen LogP contribution in [0.4, 0.5) is 5.69 Å². The maximum absolute atomic E-state index is 5.85. The van der Waals surface area contributed by atoms with Crippen LogP contribution in [0.2, 0.25) is 0 Å². The Kier molecular flexibility index (Phi) is 10.4. The van der Waals surface area contributed by atoms with Gasteiger partial charge in [0, 0.05) is 12.3 Å². The third kappa shape index (κ3) is 9.68. The summed E-state index contributed by atoms with van der Waals surface area (Å²) in [6.07, 6.45) is 1.08. The predicted molar refractivity (Wildman–Crippen MR) is 102 cm³/mol. The molecule has 0 unspecified atom stereocenters. The van der Waals surface area contributed by atoms with Crippen LogP contribution in [0.25, 0.3) is 0 Å². The van der Waals surface area contributed by atoms with Crippen LogP contribution >= 0.6 is 24.0 Å². The van der Waals surface area contributed by atoms with Crippen LogP contribution in [-0.2, 0) is 4.74 Å². The van der Waals surface area contributed by atoms with Gasteiger partial charge in [-0.25, -0.2) is 0 Å². The molecule has 0 aliphatic rings. The number of aryl methyl sites for hydroxylation is 2. The summed E-state index contributed by atoms with van der Waals surface area (Å²) in [4.78, 5) is 4.25. The average Bonchev–Trinajstić information content (AvgIpc) is 2.31. The van der Waals surface area contributed by atoms with Crippen LogP contribution in [0.15, 0.2) is 23.2 Å². The van der Waals surface area contributed by atoms with Gasteiger partial charge in [0.2, 0.25) is 0 Å². The van der Waals surface area contributed by atoms with E-state index < -0.39 is 0 Å². The van der Waals surface area contributed by atoms with Gasteiger partial charge in [-0.05, 0) is 49.4 Å². The van der Waals surface area contributed by atoms with E-state index in [2.05, 4.69) is 56.2 Å².